The maximum Gasteiger partial charge on any atom is 0.249 e. The molecule has 3 N–H and O–H groups in total. The summed E-state index contributed by atoms with van der Waals surface area (Å²) < 4.78 is 61.1. The Kier molecular flexibility index (Phi) is 9.25. The normalized spacial score (nSPS) is 15.8. The van der Waals surface area contributed by atoms with Crippen molar-refractivity contribution in [3.63, 3.8) is 0 Å². The first-order chi connectivity index (χ1) is 19.2. The highest BCUT2D eigenvalue weighted by Gasteiger charge is 2.41. The van der Waals surface area contributed by atoms with Gasteiger partial charge in [-0.05, 0) is 56.0 Å². The van der Waals surface area contributed by atoms with E-state index >= 15 is 4.39 Å². The molecule has 212 valence electrons. The van der Waals surface area contributed by atoms with Crippen LogP contribution in [0.1, 0.15) is 48.5 Å². The van der Waals surface area contributed by atoms with Gasteiger partial charge < -0.3 is 9.84 Å². The number of halogens is 4. The van der Waals surface area contributed by atoms with Gasteiger partial charge in [0, 0.05) is 41.4 Å². The first-order valence-electron chi connectivity index (χ1n) is 12.7. The molecule has 0 saturated carbocycles. The minimum absolute atomic E-state index is 0.0000865. The molecule has 1 fully saturated rings. The maximum absolute atomic E-state index is 15.8. The average molecular weight is 560 g/mol. The topological polar surface area (TPSA) is 94.9 Å². The highest BCUT2D eigenvalue weighted by atomic mass is 19.2. The van der Waals surface area contributed by atoms with Crippen molar-refractivity contribution < 1.29 is 37.4 Å². The third-order valence-electron chi connectivity index (χ3n) is 7.47. The van der Waals surface area contributed by atoms with Gasteiger partial charge in [-0.1, -0.05) is 11.8 Å². The number of hydrogen-bond donors (Lipinski definition) is 3. The second-order valence-electron chi connectivity index (χ2n) is 9.80. The van der Waals surface area contributed by atoms with Gasteiger partial charge in [-0.25, -0.2) is 23.0 Å². The second kappa shape index (κ2) is 12.6. The van der Waals surface area contributed by atoms with E-state index in [2.05, 4.69) is 16.8 Å². The fraction of sp³-hybridized carbons (Fsp3) is 0.379. The predicted molar refractivity (Wildman–Crippen MR) is 139 cm³/mol. The summed E-state index contributed by atoms with van der Waals surface area (Å²) in [6.45, 7) is 0.629. The summed E-state index contributed by atoms with van der Waals surface area (Å²) in [5, 5.41) is 19.8. The molecular formula is C29H29F4N3O4. The summed E-state index contributed by atoms with van der Waals surface area (Å²) in [5.74, 6) is 1.11. The number of ether oxygens (including phenoxy) is 1. The average Bonchev–Trinajstić information content (AvgIpc) is 2.97. The number of rotatable bonds is 8. The highest BCUT2D eigenvalue weighted by Crippen LogP contribution is 2.41. The molecule has 40 heavy (non-hydrogen) atoms. The molecular weight excluding hydrogens is 530 g/mol. The number of nitrogens with one attached hydrogen (secondary N) is 1. The van der Waals surface area contributed by atoms with Crippen molar-refractivity contribution >= 4 is 16.8 Å². The Balaban J connectivity index is 1.46. The molecule has 7 nitrogen and oxygen atoms in total. The zero-order valence-corrected chi connectivity index (χ0v) is 21.8. The number of nitrogens with zero attached hydrogens (tertiary/aromatic N) is 2. The Hall–Kier alpha value is -3.72. The summed E-state index contributed by atoms with van der Waals surface area (Å²) in [5.41, 5.74) is 1.85. The van der Waals surface area contributed by atoms with E-state index in [0.717, 1.165) is 12.1 Å². The van der Waals surface area contributed by atoms with Crippen molar-refractivity contribution in [1.82, 2.24) is 15.4 Å². The minimum atomic E-state index is -1.56. The van der Waals surface area contributed by atoms with Crippen LogP contribution in [0.3, 0.4) is 0 Å². The summed E-state index contributed by atoms with van der Waals surface area (Å²) in [6, 6.07) is 6.70. The number of carbonyl (C=O) groups excluding carboxylic acids is 1. The number of hydrogen-bond acceptors (Lipinski definition) is 6. The minimum Gasteiger partial charge on any atom is -0.497 e. The third kappa shape index (κ3) is 6.20. The molecule has 2 heterocycles. The first kappa shape index (κ1) is 29.3. The van der Waals surface area contributed by atoms with Crippen LogP contribution in [-0.2, 0) is 11.4 Å². The van der Waals surface area contributed by atoms with Crippen LogP contribution in [0.25, 0.3) is 10.9 Å². The third-order valence-corrected chi connectivity index (χ3v) is 7.47. The smallest absolute Gasteiger partial charge is 0.249 e. The molecule has 0 radical (unpaired) electrons. The number of pyridine rings is 1. The van der Waals surface area contributed by atoms with Crippen LogP contribution in [0, 0.1) is 34.7 Å². The highest BCUT2D eigenvalue weighted by molar-refractivity contribution is 5.85. The van der Waals surface area contributed by atoms with Gasteiger partial charge in [-0.3, -0.25) is 19.9 Å². The number of hydroxylamine groups is 1. The van der Waals surface area contributed by atoms with E-state index in [1.807, 2.05) is 4.90 Å². The van der Waals surface area contributed by atoms with Gasteiger partial charge in [0.05, 0.1) is 31.2 Å². The van der Waals surface area contributed by atoms with Crippen molar-refractivity contribution in [2.45, 2.75) is 38.5 Å². The Labute approximate surface area is 228 Å². The standard InChI is InChI=1S/C29H29F4N3O4/c1-40-20-4-5-25-21(15-20)26(19(17-37)16-34-25)22(30)6-7-29(28(38)35-39)8-11-36(12-9-29)10-2-3-18-13-23(31)27(33)24(32)14-18/h4-5,13-16,22,37,39H,6-12,17H2,1H3,(H,35,38). The van der Waals surface area contributed by atoms with Gasteiger partial charge in [0.25, 0.3) is 0 Å². The lowest BCUT2D eigenvalue weighted by Gasteiger charge is -2.40. The molecule has 1 amide bonds. The number of aliphatic hydroxyl groups excluding tert-OH is 1. The van der Waals surface area contributed by atoms with Crippen LogP contribution < -0.4 is 10.2 Å². The van der Waals surface area contributed by atoms with Gasteiger partial charge in [-0.15, -0.1) is 0 Å². The van der Waals surface area contributed by atoms with Crippen molar-refractivity contribution in [2.75, 3.05) is 26.7 Å². The van der Waals surface area contributed by atoms with Crippen LogP contribution in [0.2, 0.25) is 0 Å². The van der Waals surface area contributed by atoms with Crippen LogP contribution in [0.4, 0.5) is 17.6 Å². The van der Waals surface area contributed by atoms with E-state index in [1.54, 1.807) is 23.7 Å². The molecule has 3 aromatic rings. The predicted octanol–water partition coefficient (Wildman–Crippen LogP) is 4.58. The number of alkyl halides is 1. The summed E-state index contributed by atoms with van der Waals surface area (Å²) in [7, 11) is 1.49. The van der Waals surface area contributed by atoms with E-state index in [0.29, 0.717) is 48.1 Å². The summed E-state index contributed by atoms with van der Waals surface area (Å²) >= 11 is 0. The Morgan fingerprint density at radius 1 is 1.20 bits per heavy atom. The molecule has 1 aliphatic rings. The van der Waals surface area contributed by atoms with E-state index in [9.17, 15) is 28.3 Å². The first-order valence-corrected chi connectivity index (χ1v) is 12.7. The van der Waals surface area contributed by atoms with E-state index in [1.165, 1.54) is 13.3 Å². The van der Waals surface area contributed by atoms with Crippen LogP contribution in [0.5, 0.6) is 5.75 Å². The van der Waals surface area contributed by atoms with Crippen molar-refractivity contribution in [1.29, 1.82) is 0 Å². The van der Waals surface area contributed by atoms with Crippen LogP contribution in [-0.4, -0.2) is 52.8 Å². The Morgan fingerprint density at radius 3 is 2.52 bits per heavy atom. The lowest BCUT2D eigenvalue weighted by Crippen LogP contribution is -2.48. The number of likely N-dealkylation sites (tertiary alicyclic amines) is 1. The molecule has 1 atom stereocenters. The number of fused-ring (bicyclic) bond motifs is 1. The molecule has 1 saturated heterocycles. The van der Waals surface area contributed by atoms with Crippen molar-refractivity contribution in [2.24, 2.45) is 5.41 Å². The summed E-state index contributed by atoms with van der Waals surface area (Å²) in [4.78, 5) is 19.0. The number of benzene rings is 2. The lowest BCUT2D eigenvalue weighted by molar-refractivity contribution is -0.143. The molecule has 2 aromatic carbocycles. The second-order valence-corrected chi connectivity index (χ2v) is 9.80. The molecule has 0 bridgehead atoms. The lowest BCUT2D eigenvalue weighted by atomic mass is 9.73. The molecule has 4 rings (SSSR count). The molecule has 0 aliphatic carbocycles. The SMILES string of the molecule is COc1ccc2ncc(CO)c(C(F)CCC3(C(=O)NO)CCN(CC#Cc4cc(F)c(F)c(F)c4)CC3)c2c1. The number of aliphatic hydroxyl groups is 1. The zero-order chi connectivity index (χ0) is 28.9. The molecule has 1 aromatic heterocycles. The number of methoxy groups -OCH3 is 1. The van der Waals surface area contributed by atoms with Gasteiger partial charge in [0.15, 0.2) is 17.5 Å². The van der Waals surface area contributed by atoms with Gasteiger partial charge in [0.1, 0.15) is 11.9 Å². The van der Waals surface area contributed by atoms with E-state index < -0.39 is 41.6 Å². The zero-order valence-electron chi connectivity index (χ0n) is 21.8. The van der Waals surface area contributed by atoms with Gasteiger partial charge in [0.2, 0.25) is 5.91 Å². The molecule has 11 heteroatoms. The Morgan fingerprint density at radius 2 is 1.90 bits per heavy atom. The number of piperidine rings is 1. The molecule has 0 spiro atoms. The van der Waals surface area contributed by atoms with Crippen LogP contribution >= 0.6 is 0 Å². The fourth-order valence-electron chi connectivity index (χ4n) is 5.13. The summed E-state index contributed by atoms with van der Waals surface area (Å²) in [6.07, 6.45) is 0.617. The Bertz CT molecular complexity index is 1420. The number of carbonyl (C=O) groups is 1. The maximum atomic E-state index is 15.8. The van der Waals surface area contributed by atoms with E-state index in [4.69, 9.17) is 4.74 Å². The van der Waals surface area contributed by atoms with Crippen molar-refractivity contribution in [3.05, 3.63) is 70.7 Å². The number of amides is 1. The monoisotopic (exact) mass is 559 g/mol. The van der Waals surface area contributed by atoms with Gasteiger partial charge >= 0.3 is 0 Å². The van der Waals surface area contributed by atoms with E-state index in [-0.39, 0.29) is 30.5 Å². The molecule has 1 aliphatic heterocycles. The number of aromatic nitrogens is 1. The fourth-order valence-corrected chi connectivity index (χ4v) is 5.13. The van der Waals surface area contributed by atoms with Gasteiger partial charge in [-0.2, -0.15) is 0 Å². The largest absolute Gasteiger partial charge is 0.497 e. The van der Waals surface area contributed by atoms with Crippen LogP contribution in [0.15, 0.2) is 36.5 Å². The molecule has 1 unspecified atom stereocenters. The quantitative estimate of drug-likeness (QED) is 0.123. The van der Waals surface area contributed by atoms with Crippen molar-refractivity contribution in [3.8, 4) is 17.6 Å².